The van der Waals surface area contributed by atoms with Gasteiger partial charge in [0.05, 0.1) is 0 Å². The summed E-state index contributed by atoms with van der Waals surface area (Å²) in [6.07, 6.45) is 5.97. The van der Waals surface area contributed by atoms with E-state index in [-0.39, 0.29) is 0 Å². The second-order valence-corrected chi connectivity index (χ2v) is 9.50. The van der Waals surface area contributed by atoms with Crippen molar-refractivity contribution in [3.63, 3.8) is 0 Å². The molecular formula is C37H31NO2. The first-order valence-electron chi connectivity index (χ1n) is 13.4. The number of anilines is 3. The van der Waals surface area contributed by atoms with Gasteiger partial charge in [-0.3, -0.25) is 0 Å². The van der Waals surface area contributed by atoms with E-state index < -0.39 is 5.97 Å². The third kappa shape index (κ3) is 6.46. The van der Waals surface area contributed by atoms with E-state index in [0.29, 0.717) is 0 Å². The van der Waals surface area contributed by atoms with Crippen molar-refractivity contribution in [1.82, 2.24) is 0 Å². The summed E-state index contributed by atoms with van der Waals surface area (Å²) in [5, 5.41) is 8.97. The highest BCUT2D eigenvalue weighted by molar-refractivity contribution is 5.92. The van der Waals surface area contributed by atoms with E-state index in [2.05, 4.69) is 115 Å². The Balaban J connectivity index is 1.52. The summed E-state index contributed by atoms with van der Waals surface area (Å²) in [6, 6.07) is 46.0. The Morgan fingerprint density at radius 3 is 1.52 bits per heavy atom. The number of aliphatic carboxylic acids is 1. The van der Waals surface area contributed by atoms with Crippen LogP contribution < -0.4 is 4.90 Å². The molecule has 0 bridgehead atoms. The van der Waals surface area contributed by atoms with Crippen molar-refractivity contribution in [3.05, 3.63) is 167 Å². The van der Waals surface area contributed by atoms with Crippen LogP contribution in [0.1, 0.15) is 34.7 Å². The first-order chi connectivity index (χ1) is 19.6. The molecular weight excluding hydrogens is 490 g/mol. The van der Waals surface area contributed by atoms with Crippen molar-refractivity contribution in [1.29, 1.82) is 0 Å². The van der Waals surface area contributed by atoms with Crippen LogP contribution in [-0.2, 0) is 11.2 Å². The van der Waals surface area contributed by atoms with Crippen molar-refractivity contribution >= 4 is 40.8 Å². The topological polar surface area (TPSA) is 40.5 Å². The van der Waals surface area contributed by atoms with E-state index in [1.54, 1.807) is 6.08 Å². The maximum absolute atomic E-state index is 10.9. The molecule has 5 aromatic carbocycles. The molecule has 0 atom stereocenters. The molecule has 0 spiro atoms. The van der Waals surface area contributed by atoms with Crippen molar-refractivity contribution < 1.29 is 9.90 Å². The molecule has 0 amide bonds. The maximum Gasteiger partial charge on any atom is 0.328 e. The predicted octanol–water partition coefficient (Wildman–Crippen LogP) is 9.41. The van der Waals surface area contributed by atoms with Gasteiger partial charge in [-0.2, -0.15) is 0 Å². The van der Waals surface area contributed by atoms with Crippen LogP contribution in [0.2, 0.25) is 0 Å². The average molecular weight is 522 g/mol. The van der Waals surface area contributed by atoms with Gasteiger partial charge in [0.25, 0.3) is 0 Å². The van der Waals surface area contributed by atoms with Crippen molar-refractivity contribution in [2.24, 2.45) is 0 Å². The first-order valence-corrected chi connectivity index (χ1v) is 13.4. The van der Waals surface area contributed by atoms with Crippen molar-refractivity contribution in [2.75, 3.05) is 4.90 Å². The average Bonchev–Trinajstić information content (AvgIpc) is 3.01. The van der Waals surface area contributed by atoms with E-state index >= 15 is 0 Å². The molecule has 196 valence electrons. The van der Waals surface area contributed by atoms with Gasteiger partial charge in [-0.25, -0.2) is 4.79 Å². The fourth-order valence-corrected chi connectivity index (χ4v) is 4.68. The van der Waals surface area contributed by atoms with Crippen LogP contribution in [0.25, 0.3) is 17.7 Å². The van der Waals surface area contributed by atoms with E-state index in [1.807, 2.05) is 36.4 Å². The largest absolute Gasteiger partial charge is 0.478 e. The molecule has 0 unspecified atom stereocenters. The lowest BCUT2D eigenvalue weighted by molar-refractivity contribution is -0.131. The molecule has 0 aliphatic heterocycles. The molecule has 0 aromatic heterocycles. The molecule has 5 rings (SSSR count). The molecule has 0 heterocycles. The Labute approximate surface area is 236 Å². The third-order valence-corrected chi connectivity index (χ3v) is 6.80. The van der Waals surface area contributed by atoms with E-state index in [9.17, 15) is 4.79 Å². The Kier molecular flexibility index (Phi) is 8.33. The number of carboxylic acid groups (broad SMARTS) is 1. The van der Waals surface area contributed by atoms with Crippen LogP contribution in [0.15, 0.2) is 140 Å². The zero-order chi connectivity index (χ0) is 27.7. The number of hydrogen-bond donors (Lipinski definition) is 1. The second-order valence-electron chi connectivity index (χ2n) is 9.50. The molecule has 0 fully saturated rings. The first kappa shape index (κ1) is 26.5. The lowest BCUT2D eigenvalue weighted by Gasteiger charge is -2.26. The lowest BCUT2D eigenvalue weighted by atomic mass is 9.95. The van der Waals surface area contributed by atoms with Crippen LogP contribution in [-0.4, -0.2) is 11.1 Å². The second kappa shape index (κ2) is 12.6. The Bertz CT molecular complexity index is 1560. The van der Waals surface area contributed by atoms with Gasteiger partial charge in [-0.05, 0) is 88.4 Å². The summed E-state index contributed by atoms with van der Waals surface area (Å²) in [5.41, 5.74) is 9.84. The highest BCUT2D eigenvalue weighted by Gasteiger charge is 2.13. The monoisotopic (exact) mass is 521 g/mol. The fourth-order valence-electron chi connectivity index (χ4n) is 4.68. The van der Waals surface area contributed by atoms with Crippen LogP contribution in [0, 0.1) is 0 Å². The molecule has 3 heteroatoms. The van der Waals surface area contributed by atoms with Gasteiger partial charge in [0.2, 0.25) is 0 Å². The normalized spacial score (nSPS) is 10.8. The van der Waals surface area contributed by atoms with Gasteiger partial charge in [-0.15, -0.1) is 0 Å². The Hall–Kier alpha value is -5.15. The number of nitrogens with zero attached hydrogens (tertiary/aromatic N) is 1. The van der Waals surface area contributed by atoms with Gasteiger partial charge in [0.1, 0.15) is 0 Å². The zero-order valence-corrected chi connectivity index (χ0v) is 22.4. The highest BCUT2D eigenvalue weighted by atomic mass is 16.4. The molecule has 0 saturated heterocycles. The molecule has 40 heavy (non-hydrogen) atoms. The number of carbonyl (C=O) groups is 1. The van der Waals surface area contributed by atoms with Gasteiger partial charge >= 0.3 is 5.97 Å². The minimum atomic E-state index is -0.960. The van der Waals surface area contributed by atoms with Crippen LogP contribution in [0.4, 0.5) is 17.1 Å². The number of rotatable bonds is 9. The number of carboxylic acids is 1. The van der Waals surface area contributed by atoms with E-state index in [0.717, 1.165) is 40.7 Å². The standard InChI is InChI=1S/C37H31NO2/c1-2-28-13-20-33(21-14-28)38(34-22-15-29(16-23-34)19-26-37(39)40)35-24-17-30(18-25-35)27-36(31-9-5-3-6-10-31)32-11-7-4-8-12-32/h3-27H,2H2,1H3,(H,39,40). The Morgan fingerprint density at radius 2 is 1.07 bits per heavy atom. The van der Waals surface area contributed by atoms with Crippen LogP contribution in [0.5, 0.6) is 0 Å². The molecule has 5 aromatic rings. The molecule has 3 nitrogen and oxygen atoms in total. The predicted molar refractivity (Wildman–Crippen MR) is 167 cm³/mol. The van der Waals surface area contributed by atoms with Crippen molar-refractivity contribution in [3.8, 4) is 0 Å². The number of aryl methyl sites for hydroxylation is 1. The highest BCUT2D eigenvalue weighted by Crippen LogP contribution is 2.35. The van der Waals surface area contributed by atoms with Gasteiger partial charge in [-0.1, -0.05) is 104 Å². The van der Waals surface area contributed by atoms with E-state index in [1.165, 1.54) is 22.3 Å². The number of hydrogen-bond acceptors (Lipinski definition) is 2. The van der Waals surface area contributed by atoms with Crippen LogP contribution in [0.3, 0.4) is 0 Å². The minimum absolute atomic E-state index is 0.835. The molecule has 0 saturated carbocycles. The lowest BCUT2D eigenvalue weighted by Crippen LogP contribution is -2.10. The fraction of sp³-hybridized carbons (Fsp3) is 0.0541. The minimum Gasteiger partial charge on any atom is -0.478 e. The summed E-state index contributed by atoms with van der Waals surface area (Å²) in [6.45, 7) is 2.15. The zero-order valence-electron chi connectivity index (χ0n) is 22.4. The Morgan fingerprint density at radius 1 is 0.625 bits per heavy atom. The summed E-state index contributed by atoms with van der Waals surface area (Å²) in [4.78, 5) is 13.1. The molecule has 1 N–H and O–H groups in total. The van der Waals surface area contributed by atoms with Gasteiger partial charge < -0.3 is 10.0 Å². The van der Waals surface area contributed by atoms with Gasteiger partial charge in [0, 0.05) is 23.1 Å². The third-order valence-electron chi connectivity index (χ3n) is 6.80. The number of benzene rings is 5. The molecule has 0 aliphatic rings. The SMILES string of the molecule is CCc1ccc(N(c2ccc(C=CC(=O)O)cc2)c2ccc(C=C(c3ccccc3)c3ccccc3)cc2)cc1. The summed E-state index contributed by atoms with van der Waals surface area (Å²) in [7, 11) is 0. The van der Waals surface area contributed by atoms with Gasteiger partial charge in [0.15, 0.2) is 0 Å². The quantitative estimate of drug-likeness (QED) is 0.155. The maximum atomic E-state index is 10.9. The summed E-state index contributed by atoms with van der Waals surface area (Å²) in [5.74, 6) is -0.960. The molecule has 0 aliphatic carbocycles. The smallest absolute Gasteiger partial charge is 0.328 e. The van der Waals surface area contributed by atoms with E-state index in [4.69, 9.17) is 5.11 Å². The van der Waals surface area contributed by atoms with Crippen molar-refractivity contribution in [2.45, 2.75) is 13.3 Å². The molecule has 0 radical (unpaired) electrons. The summed E-state index contributed by atoms with van der Waals surface area (Å²) < 4.78 is 0. The van der Waals surface area contributed by atoms with Crippen LogP contribution >= 0.6 is 0 Å². The summed E-state index contributed by atoms with van der Waals surface area (Å²) >= 11 is 0.